The van der Waals surface area contributed by atoms with Gasteiger partial charge in [0.2, 0.25) is 0 Å². The van der Waals surface area contributed by atoms with Crippen molar-refractivity contribution in [1.82, 2.24) is 0 Å². The lowest BCUT2D eigenvalue weighted by molar-refractivity contribution is -0.956. The fourth-order valence-electron chi connectivity index (χ4n) is 7.33. The lowest BCUT2D eigenvalue weighted by atomic mass is 9.85. The molecule has 9 nitrogen and oxygen atoms in total. The fraction of sp³-hybridized carbons (Fsp3) is 0.375. The summed E-state index contributed by atoms with van der Waals surface area (Å²) in [5.74, 6) is -0.623. The van der Waals surface area contributed by atoms with Crippen LogP contribution in [0.5, 0.6) is 5.75 Å². The maximum atomic E-state index is 14.4. The molecular weight excluding hydrogens is 524 g/mol. The van der Waals surface area contributed by atoms with Gasteiger partial charge in [0.15, 0.2) is 0 Å². The number of ether oxygens (including phenoxy) is 3. The van der Waals surface area contributed by atoms with Crippen LogP contribution in [0.15, 0.2) is 84.9 Å². The SMILES string of the molecule is O=C(Oc1ccc([N+](=O)[O-])cc1)OC(C(=O)OC1CC2CCC(C1)[N+]21CCCC1)(c1ccccc1)c1ccccc1. The standard InChI is InChI=1S/C32H33N2O7/c35-30(39-29-21-26-15-16-27(22-29)34(26)19-7-8-20-34)32(23-9-3-1-4-10-23,24-11-5-2-6-12-24)41-31(36)40-28-17-13-25(14-18-28)33(37)38/h1-6,9-14,17-18,26-27,29H,7-8,15-16,19-22H2/q+1. The van der Waals surface area contributed by atoms with Crippen LogP contribution in [0, 0.1) is 10.1 Å². The Hall–Kier alpha value is -4.24. The highest BCUT2D eigenvalue weighted by Gasteiger charge is 2.57. The molecule has 2 unspecified atom stereocenters. The van der Waals surface area contributed by atoms with Crippen LogP contribution in [0.3, 0.4) is 0 Å². The molecule has 0 aromatic heterocycles. The van der Waals surface area contributed by atoms with Crippen molar-refractivity contribution in [2.75, 3.05) is 13.1 Å². The van der Waals surface area contributed by atoms with Gasteiger partial charge in [-0.2, -0.15) is 0 Å². The second kappa shape index (κ2) is 11.0. The van der Waals surface area contributed by atoms with Gasteiger partial charge in [-0.25, -0.2) is 9.59 Å². The third kappa shape index (κ3) is 4.95. The van der Waals surface area contributed by atoms with E-state index >= 15 is 0 Å². The number of carbonyl (C=O) groups is 2. The zero-order valence-electron chi connectivity index (χ0n) is 22.7. The minimum absolute atomic E-state index is 0.0486. The van der Waals surface area contributed by atoms with Crippen LogP contribution in [-0.2, 0) is 19.9 Å². The number of rotatable bonds is 7. The van der Waals surface area contributed by atoms with Crippen molar-refractivity contribution >= 4 is 17.8 Å². The predicted octanol–water partition coefficient (Wildman–Crippen LogP) is 5.90. The van der Waals surface area contributed by atoms with Gasteiger partial charge in [0, 0.05) is 61.8 Å². The van der Waals surface area contributed by atoms with E-state index in [0.717, 1.165) is 25.7 Å². The van der Waals surface area contributed by atoms with E-state index in [2.05, 4.69) is 0 Å². The summed E-state index contributed by atoms with van der Waals surface area (Å²) in [5.41, 5.74) is -1.20. The first-order chi connectivity index (χ1) is 19.9. The molecule has 1 spiro atoms. The number of nitrogens with zero attached hydrogens (tertiary/aromatic N) is 2. The summed E-state index contributed by atoms with van der Waals surface area (Å²) in [6, 6.07) is 23.7. The molecule has 3 saturated heterocycles. The minimum Gasteiger partial charge on any atom is -0.458 e. The quantitative estimate of drug-likeness (QED) is 0.117. The van der Waals surface area contributed by atoms with Gasteiger partial charge in [0.25, 0.3) is 11.3 Å². The molecule has 212 valence electrons. The topological polar surface area (TPSA) is 105 Å². The second-order valence-electron chi connectivity index (χ2n) is 11.3. The van der Waals surface area contributed by atoms with Crippen LogP contribution in [-0.4, -0.2) is 52.8 Å². The molecule has 0 radical (unpaired) electrons. The fourth-order valence-corrected chi connectivity index (χ4v) is 7.33. The molecule has 0 amide bonds. The Kier molecular flexibility index (Phi) is 7.21. The van der Waals surface area contributed by atoms with Crippen molar-refractivity contribution in [3.63, 3.8) is 0 Å². The molecule has 3 fully saturated rings. The number of nitro groups is 1. The lowest BCUT2D eigenvalue weighted by Crippen LogP contribution is -2.60. The minimum atomic E-state index is -1.92. The monoisotopic (exact) mass is 557 g/mol. The van der Waals surface area contributed by atoms with Gasteiger partial charge in [-0.3, -0.25) is 10.1 Å². The number of quaternary nitrogens is 1. The third-order valence-corrected chi connectivity index (χ3v) is 9.16. The second-order valence-corrected chi connectivity index (χ2v) is 11.3. The lowest BCUT2D eigenvalue weighted by Gasteiger charge is -2.47. The van der Waals surface area contributed by atoms with Crippen LogP contribution in [0.1, 0.15) is 49.7 Å². The van der Waals surface area contributed by atoms with Crippen molar-refractivity contribution in [2.24, 2.45) is 0 Å². The van der Waals surface area contributed by atoms with E-state index in [1.54, 1.807) is 48.5 Å². The van der Waals surface area contributed by atoms with Gasteiger partial charge < -0.3 is 18.7 Å². The van der Waals surface area contributed by atoms with Crippen molar-refractivity contribution < 1.29 is 33.2 Å². The summed E-state index contributed by atoms with van der Waals surface area (Å²) in [4.78, 5) is 38.1. The molecule has 3 aliphatic rings. The summed E-state index contributed by atoms with van der Waals surface area (Å²) < 4.78 is 18.8. The van der Waals surface area contributed by atoms with Crippen molar-refractivity contribution in [1.29, 1.82) is 0 Å². The van der Waals surface area contributed by atoms with Gasteiger partial charge in [-0.05, 0) is 12.1 Å². The van der Waals surface area contributed by atoms with E-state index in [0.29, 0.717) is 23.2 Å². The average Bonchev–Trinajstić information content (AvgIpc) is 3.53. The molecule has 3 heterocycles. The Labute approximate surface area is 238 Å². The maximum absolute atomic E-state index is 14.4. The Morgan fingerprint density at radius 1 is 0.805 bits per heavy atom. The first-order valence-corrected chi connectivity index (χ1v) is 14.2. The number of hydrogen-bond acceptors (Lipinski definition) is 7. The van der Waals surface area contributed by atoms with Crippen LogP contribution in [0.4, 0.5) is 10.5 Å². The number of carbonyl (C=O) groups excluding carboxylic acids is 2. The third-order valence-electron chi connectivity index (χ3n) is 9.16. The van der Waals surface area contributed by atoms with Gasteiger partial charge >= 0.3 is 12.1 Å². The molecule has 3 aromatic carbocycles. The summed E-state index contributed by atoms with van der Waals surface area (Å²) >= 11 is 0. The molecular formula is C32H33N2O7+. The van der Waals surface area contributed by atoms with Crippen LogP contribution in [0.25, 0.3) is 0 Å². The summed E-state index contributed by atoms with van der Waals surface area (Å²) in [7, 11) is 0. The molecule has 2 atom stereocenters. The molecule has 0 aliphatic carbocycles. The van der Waals surface area contributed by atoms with Crippen molar-refractivity contribution in [3.05, 3.63) is 106 Å². The molecule has 3 aromatic rings. The number of benzene rings is 3. The molecule has 0 saturated carbocycles. The van der Waals surface area contributed by atoms with E-state index in [1.807, 2.05) is 12.1 Å². The molecule has 41 heavy (non-hydrogen) atoms. The first-order valence-electron chi connectivity index (χ1n) is 14.2. The highest BCUT2D eigenvalue weighted by atomic mass is 16.7. The number of non-ortho nitro benzene ring substituents is 1. The Morgan fingerprint density at radius 3 is 1.85 bits per heavy atom. The van der Waals surface area contributed by atoms with Crippen molar-refractivity contribution in [2.45, 2.75) is 62.3 Å². The van der Waals surface area contributed by atoms with Crippen LogP contribution in [0.2, 0.25) is 0 Å². The Morgan fingerprint density at radius 2 is 1.34 bits per heavy atom. The van der Waals surface area contributed by atoms with Crippen molar-refractivity contribution in [3.8, 4) is 5.75 Å². The average molecular weight is 558 g/mol. The largest absolute Gasteiger partial charge is 0.515 e. The van der Waals surface area contributed by atoms with Gasteiger partial charge in [-0.15, -0.1) is 0 Å². The van der Waals surface area contributed by atoms with Gasteiger partial charge in [-0.1, -0.05) is 60.7 Å². The zero-order valence-corrected chi connectivity index (χ0v) is 22.7. The van der Waals surface area contributed by atoms with Gasteiger partial charge in [0.05, 0.1) is 30.1 Å². The highest BCUT2D eigenvalue weighted by molar-refractivity contribution is 5.88. The number of esters is 1. The Bertz CT molecular complexity index is 1350. The van der Waals surface area contributed by atoms with E-state index in [1.165, 1.54) is 54.7 Å². The summed E-state index contributed by atoms with van der Waals surface area (Å²) in [6.45, 7) is 2.43. The molecule has 6 rings (SSSR count). The number of hydrogen-bond donors (Lipinski definition) is 0. The molecule has 3 aliphatic heterocycles. The smallest absolute Gasteiger partial charge is 0.458 e. The van der Waals surface area contributed by atoms with Crippen LogP contribution < -0.4 is 4.74 Å². The van der Waals surface area contributed by atoms with E-state index in [9.17, 15) is 19.7 Å². The highest BCUT2D eigenvalue weighted by Crippen LogP contribution is 2.47. The molecule has 2 bridgehead atoms. The zero-order chi connectivity index (χ0) is 28.5. The first kappa shape index (κ1) is 27.0. The van der Waals surface area contributed by atoms with E-state index in [-0.39, 0.29) is 17.5 Å². The van der Waals surface area contributed by atoms with E-state index < -0.39 is 22.6 Å². The maximum Gasteiger partial charge on any atom is 0.515 e. The predicted molar refractivity (Wildman–Crippen MR) is 149 cm³/mol. The van der Waals surface area contributed by atoms with E-state index in [4.69, 9.17) is 14.2 Å². The Balaban J connectivity index is 1.31. The summed E-state index contributed by atoms with van der Waals surface area (Å²) in [5, 5.41) is 11.0. The summed E-state index contributed by atoms with van der Waals surface area (Å²) in [6.07, 6.45) is 5.02. The number of piperidine rings is 1. The normalized spacial score (nSPS) is 22.7. The van der Waals surface area contributed by atoms with Crippen LogP contribution >= 0.6 is 0 Å². The van der Waals surface area contributed by atoms with Gasteiger partial charge in [0.1, 0.15) is 11.9 Å². The molecule has 0 N–H and O–H groups in total. The molecule has 9 heteroatoms. The number of nitro benzene ring substituents is 1.